The highest BCUT2D eigenvalue weighted by molar-refractivity contribution is 6.03. The van der Waals surface area contributed by atoms with Crippen LogP contribution in [-0.4, -0.2) is 21.1 Å². The van der Waals surface area contributed by atoms with Gasteiger partial charge in [-0.1, -0.05) is 6.92 Å². The number of aromatic nitrogens is 3. The Bertz CT molecular complexity index is 585. The molecule has 0 unspecified atom stereocenters. The van der Waals surface area contributed by atoms with E-state index in [1.807, 2.05) is 6.92 Å². The van der Waals surface area contributed by atoms with E-state index >= 15 is 0 Å². The summed E-state index contributed by atoms with van der Waals surface area (Å²) < 4.78 is 0. The monoisotopic (exact) mass is 232 g/mol. The molecule has 0 fully saturated rings. The van der Waals surface area contributed by atoms with Crippen LogP contribution in [0, 0.1) is 0 Å². The molecule has 0 aliphatic carbocycles. The first-order chi connectivity index (χ1) is 8.19. The number of hydrogen-bond acceptors (Lipinski definition) is 3. The van der Waals surface area contributed by atoms with Crippen molar-refractivity contribution >= 4 is 11.7 Å². The van der Waals surface area contributed by atoms with Crippen LogP contribution in [0.2, 0.25) is 0 Å². The van der Waals surface area contributed by atoms with Crippen LogP contribution in [0.4, 0.5) is 5.82 Å². The maximum Gasteiger partial charge on any atom is 0.257 e. The molecule has 17 heavy (non-hydrogen) atoms. The number of pyridine rings is 1. The molecule has 1 amide bonds. The topological polar surface area (TPSA) is 90.6 Å². The number of amides is 1. The zero-order chi connectivity index (χ0) is 12.3. The van der Waals surface area contributed by atoms with E-state index in [1.54, 1.807) is 6.07 Å². The van der Waals surface area contributed by atoms with Crippen LogP contribution in [-0.2, 0) is 6.42 Å². The number of carbonyl (C=O) groups excluding carboxylic acids is 1. The molecule has 0 aromatic carbocycles. The number of carbonyl (C=O) groups is 1. The molecule has 2 rings (SSSR count). The van der Waals surface area contributed by atoms with Gasteiger partial charge in [-0.05, 0) is 12.5 Å². The molecule has 0 saturated heterocycles. The van der Waals surface area contributed by atoms with E-state index in [1.165, 1.54) is 18.3 Å². The smallest absolute Gasteiger partial charge is 0.257 e. The number of nitrogens with one attached hydrogen (secondary N) is 3. The first kappa shape index (κ1) is 11.1. The molecule has 3 N–H and O–H groups in total. The highest BCUT2D eigenvalue weighted by Crippen LogP contribution is 2.07. The van der Waals surface area contributed by atoms with Gasteiger partial charge in [0.05, 0.1) is 0 Å². The Balaban J connectivity index is 2.14. The van der Waals surface area contributed by atoms with Crippen molar-refractivity contribution in [2.75, 3.05) is 5.32 Å². The molecule has 0 bridgehead atoms. The van der Waals surface area contributed by atoms with E-state index in [0.29, 0.717) is 11.4 Å². The predicted octanol–water partition coefficient (Wildman–Crippen LogP) is 0.913. The van der Waals surface area contributed by atoms with Crippen LogP contribution in [0.25, 0.3) is 0 Å². The lowest BCUT2D eigenvalue weighted by Gasteiger charge is -2.00. The van der Waals surface area contributed by atoms with Crippen LogP contribution in [0.3, 0.4) is 0 Å². The Hall–Kier alpha value is -2.37. The number of aromatic amines is 2. The summed E-state index contributed by atoms with van der Waals surface area (Å²) in [6.45, 7) is 1.98. The maximum absolute atomic E-state index is 11.7. The summed E-state index contributed by atoms with van der Waals surface area (Å²) in [4.78, 5) is 25.2. The Labute approximate surface area is 97.1 Å². The van der Waals surface area contributed by atoms with Crippen molar-refractivity contribution in [3.05, 3.63) is 46.0 Å². The minimum absolute atomic E-state index is 0.301. The number of hydrogen-bond donors (Lipinski definition) is 3. The zero-order valence-electron chi connectivity index (χ0n) is 9.28. The van der Waals surface area contributed by atoms with E-state index < -0.39 is 0 Å². The highest BCUT2D eigenvalue weighted by Gasteiger charge is 2.08. The van der Waals surface area contributed by atoms with Crippen molar-refractivity contribution in [1.29, 1.82) is 0 Å². The van der Waals surface area contributed by atoms with Gasteiger partial charge >= 0.3 is 0 Å². The summed E-state index contributed by atoms with van der Waals surface area (Å²) in [5, 5.41) is 9.33. The Kier molecular flexibility index (Phi) is 3.04. The first-order valence-corrected chi connectivity index (χ1v) is 5.23. The average Bonchev–Trinajstić information content (AvgIpc) is 2.77. The van der Waals surface area contributed by atoms with Crippen molar-refractivity contribution in [3.63, 3.8) is 0 Å². The van der Waals surface area contributed by atoms with Gasteiger partial charge in [0.1, 0.15) is 0 Å². The fraction of sp³-hybridized carbons (Fsp3) is 0.182. The molecule has 0 atom stereocenters. The van der Waals surface area contributed by atoms with E-state index in [4.69, 9.17) is 0 Å². The standard InChI is InChI=1S/C11H12N4O2/c1-2-8-6-9(15-14-8)13-11(17)7-3-4-12-10(16)5-7/h3-6H,2H2,1H3,(H,12,16)(H2,13,14,15,17). The molecule has 6 nitrogen and oxygen atoms in total. The molecule has 2 heterocycles. The van der Waals surface area contributed by atoms with Crippen LogP contribution < -0.4 is 10.9 Å². The third-order valence-corrected chi connectivity index (χ3v) is 2.29. The molecule has 88 valence electrons. The third-order valence-electron chi connectivity index (χ3n) is 2.29. The minimum atomic E-state index is -0.356. The van der Waals surface area contributed by atoms with Crippen LogP contribution in [0.5, 0.6) is 0 Å². The molecule has 0 saturated carbocycles. The van der Waals surface area contributed by atoms with Gasteiger partial charge in [-0.3, -0.25) is 14.7 Å². The fourth-order valence-corrected chi connectivity index (χ4v) is 1.38. The number of nitrogens with zero attached hydrogens (tertiary/aromatic N) is 1. The number of anilines is 1. The van der Waals surface area contributed by atoms with Gasteiger partial charge in [0, 0.05) is 29.6 Å². The van der Waals surface area contributed by atoms with E-state index in [-0.39, 0.29) is 11.5 Å². The molecule has 0 radical (unpaired) electrons. The van der Waals surface area contributed by atoms with Crippen molar-refractivity contribution in [3.8, 4) is 0 Å². The number of rotatable bonds is 3. The van der Waals surface area contributed by atoms with Gasteiger partial charge in [-0.25, -0.2) is 0 Å². The van der Waals surface area contributed by atoms with E-state index in [9.17, 15) is 9.59 Å². The van der Waals surface area contributed by atoms with Crippen LogP contribution in [0.1, 0.15) is 23.0 Å². The fourth-order valence-electron chi connectivity index (χ4n) is 1.38. The summed E-state index contributed by atoms with van der Waals surface area (Å²) in [6.07, 6.45) is 2.24. The van der Waals surface area contributed by atoms with Gasteiger partial charge in [0.2, 0.25) is 5.56 Å². The lowest BCUT2D eigenvalue weighted by atomic mass is 10.2. The molecule has 2 aromatic heterocycles. The summed E-state index contributed by atoms with van der Waals surface area (Å²) in [7, 11) is 0. The number of H-pyrrole nitrogens is 2. The molecule has 0 spiro atoms. The van der Waals surface area contributed by atoms with Crippen LogP contribution >= 0.6 is 0 Å². The largest absolute Gasteiger partial charge is 0.329 e. The second-order valence-electron chi connectivity index (χ2n) is 3.53. The normalized spacial score (nSPS) is 10.2. The first-order valence-electron chi connectivity index (χ1n) is 5.23. The maximum atomic E-state index is 11.7. The predicted molar refractivity (Wildman–Crippen MR) is 63.0 cm³/mol. The Morgan fingerprint density at radius 2 is 2.29 bits per heavy atom. The molecular weight excluding hydrogens is 220 g/mol. The highest BCUT2D eigenvalue weighted by atomic mass is 16.2. The van der Waals surface area contributed by atoms with Gasteiger partial charge in [-0.15, -0.1) is 0 Å². The summed E-state index contributed by atoms with van der Waals surface area (Å²) in [6, 6.07) is 4.53. The Morgan fingerprint density at radius 1 is 1.47 bits per heavy atom. The van der Waals surface area contributed by atoms with Gasteiger partial charge in [-0.2, -0.15) is 5.10 Å². The quantitative estimate of drug-likeness (QED) is 0.734. The molecule has 0 aliphatic rings. The molecule has 2 aromatic rings. The lowest BCUT2D eigenvalue weighted by molar-refractivity contribution is 0.102. The van der Waals surface area contributed by atoms with Crippen molar-refractivity contribution in [1.82, 2.24) is 15.2 Å². The SMILES string of the molecule is CCc1cc(NC(=O)c2cc[nH]c(=O)c2)n[nH]1. The number of aryl methyl sites for hydroxylation is 1. The summed E-state index contributed by atoms with van der Waals surface area (Å²) >= 11 is 0. The second-order valence-corrected chi connectivity index (χ2v) is 3.53. The van der Waals surface area contributed by atoms with Gasteiger partial charge < -0.3 is 10.3 Å². The lowest BCUT2D eigenvalue weighted by Crippen LogP contribution is -2.15. The van der Waals surface area contributed by atoms with Crippen LogP contribution in [0.15, 0.2) is 29.2 Å². The average molecular weight is 232 g/mol. The summed E-state index contributed by atoms with van der Waals surface area (Å²) in [5.41, 5.74) is 0.926. The van der Waals surface area contributed by atoms with Crippen molar-refractivity contribution in [2.24, 2.45) is 0 Å². The molecular formula is C11H12N4O2. The molecule has 0 aliphatic heterocycles. The van der Waals surface area contributed by atoms with Gasteiger partial charge in [0.15, 0.2) is 5.82 Å². The Morgan fingerprint density at radius 3 is 2.94 bits per heavy atom. The summed E-state index contributed by atoms with van der Waals surface area (Å²) in [5.74, 6) is 0.0948. The van der Waals surface area contributed by atoms with Crippen molar-refractivity contribution in [2.45, 2.75) is 13.3 Å². The van der Waals surface area contributed by atoms with E-state index in [0.717, 1.165) is 12.1 Å². The zero-order valence-corrected chi connectivity index (χ0v) is 9.28. The third kappa shape index (κ3) is 2.60. The van der Waals surface area contributed by atoms with E-state index in [2.05, 4.69) is 20.5 Å². The minimum Gasteiger partial charge on any atom is -0.329 e. The molecule has 6 heteroatoms. The van der Waals surface area contributed by atoms with Crippen molar-refractivity contribution < 1.29 is 4.79 Å². The van der Waals surface area contributed by atoms with Gasteiger partial charge in [0.25, 0.3) is 5.91 Å². The second kappa shape index (κ2) is 4.65.